The number of benzene rings is 1. The van der Waals surface area contributed by atoms with Gasteiger partial charge in [0, 0.05) is 24.6 Å². The third-order valence-corrected chi connectivity index (χ3v) is 5.14. The Balaban J connectivity index is 2.30. The highest BCUT2D eigenvalue weighted by Crippen LogP contribution is 2.32. The number of halogens is 1. The number of carboxylic acids is 1. The Labute approximate surface area is 178 Å². The Morgan fingerprint density at radius 1 is 1.19 bits per heavy atom. The molecule has 1 amide bonds. The largest absolute Gasteiger partial charge is 0.481 e. The number of aromatic nitrogens is 2. The Morgan fingerprint density at radius 3 is 2.42 bits per heavy atom. The van der Waals surface area contributed by atoms with Gasteiger partial charge in [-0.05, 0) is 30.2 Å². The van der Waals surface area contributed by atoms with Crippen molar-refractivity contribution in [3.05, 3.63) is 47.4 Å². The molecule has 2 aliphatic heterocycles. The minimum absolute atomic E-state index is 0.0373. The third-order valence-electron chi connectivity index (χ3n) is 5.14. The van der Waals surface area contributed by atoms with Crippen LogP contribution in [0.4, 0.5) is 10.3 Å². The van der Waals surface area contributed by atoms with Crippen molar-refractivity contribution < 1.29 is 29.3 Å². The van der Waals surface area contributed by atoms with Gasteiger partial charge in [0.15, 0.2) is 5.92 Å². The number of rotatable bonds is 3. The van der Waals surface area contributed by atoms with Crippen molar-refractivity contribution in [1.82, 2.24) is 9.97 Å². The molecule has 0 saturated carbocycles. The van der Waals surface area contributed by atoms with E-state index in [-0.39, 0.29) is 18.3 Å². The van der Waals surface area contributed by atoms with Crippen LogP contribution in [0.3, 0.4) is 0 Å². The Kier molecular flexibility index (Phi) is 6.47. The van der Waals surface area contributed by atoms with Crippen molar-refractivity contribution in [3.63, 3.8) is 0 Å². The number of aliphatic hydroxyl groups excluding tert-OH is 2. The number of amides is 1. The number of hydrogen-bond donors (Lipinski definition) is 3. The summed E-state index contributed by atoms with van der Waals surface area (Å²) < 4.78 is 13.5. The summed E-state index contributed by atoms with van der Waals surface area (Å²) in [6.07, 6.45) is -0.156. The first kappa shape index (κ1) is 22.5. The standard InChI is InChI=1S/C22H24FN3O5/c1-11(2)18-15-9-8-14(27)10-16(28)17(21(30)31)20(29)26(3)22(24-18)25-19(15)12-4-6-13(23)7-5-12/h4-9,11,14,16-17,27-28H,10H2,1-3H3,(H,30,31)/t14-,16-,17?/m1/s1. The lowest BCUT2D eigenvalue weighted by atomic mass is 9.94. The van der Waals surface area contributed by atoms with Gasteiger partial charge in [-0.2, -0.15) is 0 Å². The molecule has 3 N–H and O–H groups in total. The average molecular weight is 429 g/mol. The number of hydrogen-bond acceptors (Lipinski definition) is 6. The van der Waals surface area contributed by atoms with Crippen molar-refractivity contribution in [1.29, 1.82) is 0 Å². The number of anilines is 1. The van der Waals surface area contributed by atoms with E-state index in [9.17, 15) is 29.3 Å². The van der Waals surface area contributed by atoms with Crippen molar-refractivity contribution in [3.8, 4) is 11.3 Å². The van der Waals surface area contributed by atoms with Gasteiger partial charge in [0.2, 0.25) is 11.9 Å². The summed E-state index contributed by atoms with van der Waals surface area (Å²) in [4.78, 5) is 34.6. The summed E-state index contributed by atoms with van der Waals surface area (Å²) in [5.74, 6) is -4.79. The molecule has 2 aliphatic rings. The summed E-state index contributed by atoms with van der Waals surface area (Å²) >= 11 is 0. The minimum atomic E-state index is -1.80. The summed E-state index contributed by atoms with van der Waals surface area (Å²) in [6, 6.07) is 5.64. The molecule has 1 unspecified atom stereocenters. The summed E-state index contributed by atoms with van der Waals surface area (Å²) in [5.41, 5.74) is 2.12. The highest BCUT2D eigenvalue weighted by molar-refractivity contribution is 6.05. The highest BCUT2D eigenvalue weighted by Gasteiger charge is 2.38. The molecule has 0 aliphatic carbocycles. The molecule has 1 aromatic carbocycles. The summed E-state index contributed by atoms with van der Waals surface area (Å²) in [7, 11) is 1.33. The van der Waals surface area contributed by atoms with Gasteiger partial charge in [-0.25, -0.2) is 14.4 Å². The minimum Gasteiger partial charge on any atom is -0.481 e. The van der Waals surface area contributed by atoms with Crippen LogP contribution in [0.15, 0.2) is 30.3 Å². The van der Waals surface area contributed by atoms with E-state index in [4.69, 9.17) is 0 Å². The van der Waals surface area contributed by atoms with E-state index in [2.05, 4.69) is 9.97 Å². The Bertz CT molecular complexity index is 1020. The number of aliphatic hydroxyl groups is 2. The number of nitrogens with zero attached hydrogens (tertiary/aromatic N) is 3. The zero-order valence-corrected chi connectivity index (χ0v) is 17.4. The Hall–Kier alpha value is -3.17. The van der Waals surface area contributed by atoms with Crippen molar-refractivity contribution in [2.45, 2.75) is 38.4 Å². The van der Waals surface area contributed by atoms with Crippen molar-refractivity contribution in [2.75, 3.05) is 11.9 Å². The quantitative estimate of drug-likeness (QED) is 0.639. The van der Waals surface area contributed by atoms with Gasteiger partial charge in [0.1, 0.15) is 5.82 Å². The fourth-order valence-electron chi connectivity index (χ4n) is 3.47. The molecule has 1 aromatic heterocycles. The monoisotopic (exact) mass is 429 g/mol. The number of carboxylic acid groups (broad SMARTS) is 1. The fourth-order valence-corrected chi connectivity index (χ4v) is 3.47. The van der Waals surface area contributed by atoms with E-state index in [0.29, 0.717) is 22.5 Å². The van der Waals surface area contributed by atoms with Crippen LogP contribution in [0.1, 0.15) is 37.4 Å². The summed E-state index contributed by atoms with van der Waals surface area (Å²) in [6.45, 7) is 3.79. The Morgan fingerprint density at radius 2 is 1.84 bits per heavy atom. The smallest absolute Gasteiger partial charge is 0.318 e. The zero-order chi connectivity index (χ0) is 22.9. The van der Waals surface area contributed by atoms with Crippen LogP contribution in [-0.4, -0.2) is 56.4 Å². The first-order valence-corrected chi connectivity index (χ1v) is 9.82. The maximum absolute atomic E-state index is 13.5. The molecule has 31 heavy (non-hydrogen) atoms. The van der Waals surface area contributed by atoms with E-state index < -0.39 is 35.8 Å². The van der Waals surface area contributed by atoms with Gasteiger partial charge in [0.25, 0.3) is 0 Å². The van der Waals surface area contributed by atoms with Crippen LogP contribution in [0.2, 0.25) is 0 Å². The van der Waals surface area contributed by atoms with Crippen molar-refractivity contribution >= 4 is 23.9 Å². The topological polar surface area (TPSA) is 124 Å². The van der Waals surface area contributed by atoms with Crippen LogP contribution < -0.4 is 4.90 Å². The average Bonchev–Trinajstić information content (AvgIpc) is 2.70. The van der Waals surface area contributed by atoms with Crippen molar-refractivity contribution in [2.24, 2.45) is 5.92 Å². The molecule has 9 heteroatoms. The lowest BCUT2D eigenvalue weighted by molar-refractivity contribution is -0.151. The molecule has 2 bridgehead atoms. The van der Waals surface area contributed by atoms with E-state index in [1.54, 1.807) is 6.08 Å². The first-order chi connectivity index (χ1) is 14.6. The van der Waals surface area contributed by atoms with Gasteiger partial charge < -0.3 is 15.3 Å². The number of carbonyl (C=O) groups is 2. The van der Waals surface area contributed by atoms with Crippen LogP contribution in [0, 0.1) is 11.7 Å². The number of fused-ring (bicyclic) bond motifs is 8. The first-order valence-electron chi connectivity index (χ1n) is 9.82. The molecule has 3 heterocycles. The molecular weight excluding hydrogens is 405 g/mol. The van der Waals surface area contributed by atoms with Crippen LogP contribution >= 0.6 is 0 Å². The van der Waals surface area contributed by atoms with E-state index in [0.717, 1.165) is 4.90 Å². The van der Waals surface area contributed by atoms with Gasteiger partial charge in [-0.3, -0.25) is 14.5 Å². The maximum atomic E-state index is 13.5. The van der Waals surface area contributed by atoms with Gasteiger partial charge in [0.05, 0.1) is 23.6 Å². The lowest BCUT2D eigenvalue weighted by Crippen LogP contribution is -2.45. The molecule has 8 nitrogen and oxygen atoms in total. The summed E-state index contributed by atoms with van der Waals surface area (Å²) in [5, 5.41) is 30.2. The van der Waals surface area contributed by atoms with Crippen LogP contribution in [0.25, 0.3) is 17.3 Å². The van der Waals surface area contributed by atoms with Gasteiger partial charge >= 0.3 is 5.97 Å². The molecule has 3 atom stereocenters. The molecule has 164 valence electrons. The third kappa shape index (κ3) is 4.62. The fraction of sp³-hybridized carbons (Fsp3) is 0.364. The van der Waals surface area contributed by atoms with E-state index >= 15 is 0 Å². The molecule has 0 saturated heterocycles. The number of carbonyl (C=O) groups excluding carboxylic acids is 1. The predicted octanol–water partition coefficient (Wildman–Crippen LogP) is 2.21. The molecule has 4 rings (SSSR count). The maximum Gasteiger partial charge on any atom is 0.318 e. The van der Waals surface area contributed by atoms with Crippen LogP contribution in [0.5, 0.6) is 0 Å². The second kappa shape index (κ2) is 8.91. The normalized spacial score (nSPS) is 21.8. The second-order valence-electron chi connectivity index (χ2n) is 7.78. The molecule has 2 aromatic rings. The van der Waals surface area contributed by atoms with E-state index in [1.807, 2.05) is 13.8 Å². The van der Waals surface area contributed by atoms with E-state index in [1.165, 1.54) is 37.4 Å². The molecular formula is C22H24FN3O5. The zero-order valence-electron chi connectivity index (χ0n) is 17.4. The molecule has 0 spiro atoms. The SMILES string of the molecule is CC(C)c1nc2nc(-c3ccc(F)cc3)c1C=C[C@@H](O)C[C@@H](O)C(C(=O)O)C(=O)N2C. The lowest BCUT2D eigenvalue weighted by Gasteiger charge is -2.26. The van der Waals surface area contributed by atoms with Gasteiger partial charge in [-0.1, -0.05) is 26.0 Å². The van der Waals surface area contributed by atoms with Gasteiger partial charge in [-0.15, -0.1) is 0 Å². The second-order valence-corrected chi connectivity index (χ2v) is 7.78. The predicted molar refractivity (Wildman–Crippen MR) is 112 cm³/mol. The van der Waals surface area contributed by atoms with Crippen LogP contribution in [-0.2, 0) is 9.59 Å². The number of aliphatic carboxylic acids is 1. The highest BCUT2D eigenvalue weighted by atomic mass is 19.1. The molecule has 0 radical (unpaired) electrons. The molecule has 0 fully saturated rings.